The lowest BCUT2D eigenvalue weighted by Gasteiger charge is -2.26. The van der Waals surface area contributed by atoms with E-state index in [2.05, 4.69) is 64.0 Å². The number of hydrogen-bond donors (Lipinski definition) is 0. The quantitative estimate of drug-likeness (QED) is 0.730. The zero-order valence-electron chi connectivity index (χ0n) is 11.3. The molecule has 0 unspecified atom stereocenters. The monoisotopic (exact) mass is 219 g/mol. The minimum absolute atomic E-state index is 0.683. The molecule has 1 rings (SSSR count). The summed E-state index contributed by atoms with van der Waals surface area (Å²) in [6.07, 6.45) is 1.22. The van der Waals surface area contributed by atoms with Crippen LogP contribution in [0.5, 0.6) is 0 Å². The van der Waals surface area contributed by atoms with E-state index < -0.39 is 0 Å². The van der Waals surface area contributed by atoms with Crippen LogP contribution in [0.1, 0.15) is 37.3 Å². The van der Waals surface area contributed by atoms with Gasteiger partial charge in [0.2, 0.25) is 0 Å². The summed E-state index contributed by atoms with van der Waals surface area (Å²) in [4.78, 5) is 2.28. The molecule has 0 N–H and O–H groups in total. The molecular weight excluding hydrogens is 194 g/mol. The molecular formula is C15H25N. The lowest BCUT2D eigenvalue weighted by molar-refractivity contribution is 0.301. The highest BCUT2D eigenvalue weighted by Crippen LogP contribution is 2.28. The molecule has 0 aliphatic carbocycles. The molecule has 1 aromatic carbocycles. The molecule has 0 radical (unpaired) electrons. The molecule has 0 saturated carbocycles. The van der Waals surface area contributed by atoms with Crippen LogP contribution in [0.3, 0.4) is 0 Å². The first kappa shape index (κ1) is 13.2. The van der Waals surface area contributed by atoms with Crippen LogP contribution in [-0.2, 0) is 0 Å². The lowest BCUT2D eigenvalue weighted by Crippen LogP contribution is -2.24. The summed E-state index contributed by atoms with van der Waals surface area (Å²) in [5.74, 6) is 1.39. The highest BCUT2D eigenvalue weighted by Gasteiger charge is 2.17. The predicted molar refractivity (Wildman–Crippen MR) is 71.9 cm³/mol. The zero-order chi connectivity index (χ0) is 12.1. The van der Waals surface area contributed by atoms with Crippen molar-refractivity contribution in [1.82, 2.24) is 4.90 Å². The van der Waals surface area contributed by atoms with Crippen LogP contribution < -0.4 is 0 Å². The Balaban J connectivity index is 2.81. The molecule has 0 aliphatic heterocycles. The van der Waals surface area contributed by atoms with Gasteiger partial charge in [0, 0.05) is 6.54 Å². The maximum absolute atomic E-state index is 2.36. The zero-order valence-corrected chi connectivity index (χ0v) is 11.3. The van der Waals surface area contributed by atoms with E-state index in [1.165, 1.54) is 17.5 Å². The van der Waals surface area contributed by atoms with Crippen LogP contribution in [0.25, 0.3) is 0 Å². The molecule has 0 spiro atoms. The van der Waals surface area contributed by atoms with Crippen molar-refractivity contribution < 1.29 is 0 Å². The fourth-order valence-corrected chi connectivity index (χ4v) is 2.57. The number of benzene rings is 1. The van der Waals surface area contributed by atoms with Gasteiger partial charge in [0.05, 0.1) is 0 Å². The molecule has 2 atom stereocenters. The van der Waals surface area contributed by atoms with Gasteiger partial charge in [-0.1, -0.05) is 43.7 Å². The fourth-order valence-electron chi connectivity index (χ4n) is 2.57. The Morgan fingerprint density at radius 3 is 2.44 bits per heavy atom. The third kappa shape index (κ3) is 3.64. The summed E-state index contributed by atoms with van der Waals surface area (Å²) in [5.41, 5.74) is 2.87. The van der Waals surface area contributed by atoms with E-state index >= 15 is 0 Å². The summed E-state index contributed by atoms with van der Waals surface area (Å²) >= 11 is 0. The standard InChI is InChI=1S/C15H25N/c1-6-15(13(3)11-16(4)5)14-9-7-8-12(2)10-14/h7-10,13,15H,6,11H2,1-5H3/t13-,15+/m0/s1. The maximum Gasteiger partial charge on any atom is 0.000676 e. The Kier molecular flexibility index (Phi) is 5.01. The minimum Gasteiger partial charge on any atom is -0.309 e. The van der Waals surface area contributed by atoms with Gasteiger partial charge in [-0.15, -0.1) is 0 Å². The van der Waals surface area contributed by atoms with E-state index in [-0.39, 0.29) is 0 Å². The van der Waals surface area contributed by atoms with Crippen molar-refractivity contribution >= 4 is 0 Å². The van der Waals surface area contributed by atoms with Gasteiger partial charge in [0.15, 0.2) is 0 Å². The van der Waals surface area contributed by atoms with Crippen molar-refractivity contribution in [3.63, 3.8) is 0 Å². The first-order chi connectivity index (χ1) is 7.54. The number of aryl methyl sites for hydroxylation is 1. The van der Waals surface area contributed by atoms with E-state index in [1.807, 2.05) is 0 Å². The molecule has 1 nitrogen and oxygen atoms in total. The van der Waals surface area contributed by atoms with Gasteiger partial charge >= 0.3 is 0 Å². The van der Waals surface area contributed by atoms with Gasteiger partial charge in [-0.25, -0.2) is 0 Å². The molecule has 0 aromatic heterocycles. The lowest BCUT2D eigenvalue weighted by atomic mass is 9.84. The minimum atomic E-state index is 0.683. The van der Waals surface area contributed by atoms with Gasteiger partial charge in [-0.05, 0) is 44.8 Å². The van der Waals surface area contributed by atoms with Crippen LogP contribution in [0.2, 0.25) is 0 Å². The summed E-state index contributed by atoms with van der Waals surface area (Å²) in [6, 6.07) is 8.95. The number of rotatable bonds is 5. The smallest absolute Gasteiger partial charge is 0.000676 e. The molecule has 0 fully saturated rings. The topological polar surface area (TPSA) is 3.24 Å². The summed E-state index contributed by atoms with van der Waals surface area (Å²) in [7, 11) is 4.30. The van der Waals surface area contributed by atoms with Crippen LogP contribution in [0, 0.1) is 12.8 Å². The molecule has 0 aliphatic rings. The van der Waals surface area contributed by atoms with Crippen molar-refractivity contribution in [3.8, 4) is 0 Å². The second-order valence-electron chi connectivity index (χ2n) is 5.17. The highest BCUT2D eigenvalue weighted by molar-refractivity contribution is 5.25. The third-order valence-corrected chi connectivity index (χ3v) is 3.25. The van der Waals surface area contributed by atoms with Crippen molar-refractivity contribution in [1.29, 1.82) is 0 Å². The van der Waals surface area contributed by atoms with Crippen LogP contribution >= 0.6 is 0 Å². The van der Waals surface area contributed by atoms with Crippen LogP contribution in [-0.4, -0.2) is 25.5 Å². The average molecular weight is 219 g/mol. The molecule has 90 valence electrons. The van der Waals surface area contributed by atoms with Gasteiger partial charge in [0.1, 0.15) is 0 Å². The summed E-state index contributed by atoms with van der Waals surface area (Å²) in [5, 5.41) is 0. The Morgan fingerprint density at radius 2 is 1.94 bits per heavy atom. The molecule has 0 heterocycles. The highest BCUT2D eigenvalue weighted by atomic mass is 15.1. The van der Waals surface area contributed by atoms with Crippen LogP contribution in [0.15, 0.2) is 24.3 Å². The Labute approximate surface area is 100 Å². The predicted octanol–water partition coefficient (Wildman–Crippen LogP) is 3.69. The third-order valence-electron chi connectivity index (χ3n) is 3.25. The van der Waals surface area contributed by atoms with E-state index in [0.29, 0.717) is 11.8 Å². The second kappa shape index (κ2) is 6.05. The molecule has 0 saturated heterocycles. The van der Waals surface area contributed by atoms with Crippen molar-refractivity contribution in [2.45, 2.75) is 33.1 Å². The molecule has 0 amide bonds. The van der Waals surface area contributed by atoms with E-state index in [0.717, 1.165) is 6.54 Å². The first-order valence-corrected chi connectivity index (χ1v) is 6.25. The first-order valence-electron chi connectivity index (χ1n) is 6.25. The molecule has 0 bridgehead atoms. The van der Waals surface area contributed by atoms with Gasteiger partial charge in [-0.2, -0.15) is 0 Å². The van der Waals surface area contributed by atoms with Crippen molar-refractivity contribution in [2.75, 3.05) is 20.6 Å². The van der Waals surface area contributed by atoms with Gasteiger partial charge < -0.3 is 4.90 Å². The number of hydrogen-bond acceptors (Lipinski definition) is 1. The summed E-state index contributed by atoms with van der Waals surface area (Å²) in [6.45, 7) is 7.98. The van der Waals surface area contributed by atoms with Crippen molar-refractivity contribution in [3.05, 3.63) is 35.4 Å². The molecule has 1 aromatic rings. The Bertz CT molecular complexity index is 317. The maximum atomic E-state index is 2.36. The van der Waals surface area contributed by atoms with Crippen molar-refractivity contribution in [2.24, 2.45) is 5.92 Å². The van der Waals surface area contributed by atoms with Gasteiger partial charge in [0.25, 0.3) is 0 Å². The van der Waals surface area contributed by atoms with Crippen LogP contribution in [0.4, 0.5) is 0 Å². The average Bonchev–Trinajstić information content (AvgIpc) is 2.17. The summed E-state index contributed by atoms with van der Waals surface area (Å²) < 4.78 is 0. The van der Waals surface area contributed by atoms with Gasteiger partial charge in [-0.3, -0.25) is 0 Å². The van der Waals surface area contributed by atoms with E-state index in [1.54, 1.807) is 0 Å². The second-order valence-corrected chi connectivity index (χ2v) is 5.17. The Hall–Kier alpha value is -0.820. The van der Waals surface area contributed by atoms with E-state index in [4.69, 9.17) is 0 Å². The fraction of sp³-hybridized carbons (Fsp3) is 0.600. The molecule has 1 heteroatoms. The van der Waals surface area contributed by atoms with E-state index in [9.17, 15) is 0 Å². The normalized spacial score (nSPS) is 15.1. The SMILES string of the molecule is CC[C@@H](c1cccc(C)c1)[C@@H](C)CN(C)C. The Morgan fingerprint density at radius 1 is 1.25 bits per heavy atom. The number of nitrogens with zero attached hydrogens (tertiary/aromatic N) is 1. The largest absolute Gasteiger partial charge is 0.309 e. The molecule has 16 heavy (non-hydrogen) atoms.